The largest absolute Gasteiger partial charge is 0.370 e. The number of nitrogens with two attached hydrogens (primary N) is 3. The van der Waals surface area contributed by atoms with E-state index in [4.69, 9.17) is 17.2 Å². The molecule has 3 amide bonds. The number of carbonyl (C=O) groups is 3. The summed E-state index contributed by atoms with van der Waals surface area (Å²) < 4.78 is 0. The van der Waals surface area contributed by atoms with E-state index < -0.39 is 35.8 Å². The van der Waals surface area contributed by atoms with Crippen molar-refractivity contribution in [2.24, 2.45) is 22.2 Å². The van der Waals surface area contributed by atoms with E-state index in [1.807, 2.05) is 30.3 Å². The maximum absolute atomic E-state index is 13.2. The number of carbonyl (C=O) groups excluding carboxylic acids is 4. The molecule has 3 atom stereocenters. The molecule has 0 unspecified atom stereocenters. The summed E-state index contributed by atoms with van der Waals surface area (Å²) in [7, 11) is 0. The van der Waals surface area contributed by atoms with E-state index in [1.54, 1.807) is 5.94 Å². The van der Waals surface area contributed by atoms with Gasteiger partial charge < -0.3 is 27.8 Å². The number of guanidine groups is 1. The van der Waals surface area contributed by atoms with Gasteiger partial charge in [-0.15, -0.1) is 0 Å². The topological polar surface area (TPSA) is 195 Å². The zero-order valence-electron chi connectivity index (χ0n) is 20.4. The van der Waals surface area contributed by atoms with Gasteiger partial charge in [0, 0.05) is 25.1 Å². The van der Waals surface area contributed by atoms with E-state index in [9.17, 15) is 19.2 Å². The minimum absolute atomic E-state index is 0.0791. The minimum Gasteiger partial charge on any atom is -0.370 e. The third-order valence-electron chi connectivity index (χ3n) is 6.06. The Labute approximate surface area is 211 Å². The quantitative estimate of drug-likeness (QED) is 0.0852. The van der Waals surface area contributed by atoms with Crippen molar-refractivity contribution in [3.8, 4) is 0 Å². The highest BCUT2D eigenvalue weighted by molar-refractivity contribution is 5.93. The predicted octanol–water partition coefficient (Wildman–Crippen LogP) is -0.584. The third kappa shape index (κ3) is 10.3. The summed E-state index contributed by atoms with van der Waals surface area (Å²) in [5.41, 5.74) is 17.1. The van der Waals surface area contributed by atoms with Gasteiger partial charge >= 0.3 is 0 Å². The fourth-order valence-electron chi connectivity index (χ4n) is 4.17. The summed E-state index contributed by atoms with van der Waals surface area (Å²) in [6.45, 7) is 0.253. The summed E-state index contributed by atoms with van der Waals surface area (Å²) in [5.74, 6) is -0.208. The molecule has 0 spiro atoms. The van der Waals surface area contributed by atoms with Crippen molar-refractivity contribution in [2.45, 2.75) is 75.5 Å². The summed E-state index contributed by atoms with van der Waals surface area (Å²) in [5, 5.41) is 8.54. The highest BCUT2D eigenvalue weighted by Gasteiger charge is 2.29. The van der Waals surface area contributed by atoms with Gasteiger partial charge in [0.15, 0.2) is 5.96 Å². The van der Waals surface area contributed by atoms with Crippen molar-refractivity contribution in [1.82, 2.24) is 16.0 Å². The standard InChI is InChI=1S/C25H37N7O4/c26-22(34)21(16-17-8-3-1-4-9-17)32-23(35)19(12-7-14-29-25(27)28)31-24(36)20(13-15-33)30-18-10-5-2-6-11-18/h1,3-4,8-9,13,18-21,30H,2,5-7,10-12,14,16H2,(H2,26,34)(H,31,36)(H,32,35)(H4,27,28,29)/t19-,20-,21-/m0/s1. The van der Waals surface area contributed by atoms with E-state index in [0.717, 1.165) is 43.7 Å². The summed E-state index contributed by atoms with van der Waals surface area (Å²) in [4.78, 5) is 53.2. The Morgan fingerprint density at radius 2 is 1.67 bits per heavy atom. The van der Waals surface area contributed by atoms with Gasteiger partial charge in [0.05, 0.1) is 0 Å². The number of amides is 3. The van der Waals surface area contributed by atoms with E-state index in [0.29, 0.717) is 6.42 Å². The summed E-state index contributed by atoms with van der Waals surface area (Å²) in [6, 6.07) is 6.32. The summed E-state index contributed by atoms with van der Waals surface area (Å²) in [6.07, 6.45) is 6.94. The molecule has 9 N–H and O–H groups in total. The van der Waals surface area contributed by atoms with Gasteiger partial charge in [0.2, 0.25) is 17.7 Å². The molecule has 1 fully saturated rings. The van der Waals surface area contributed by atoms with Crippen LogP contribution in [0, 0.1) is 0 Å². The number of rotatable bonds is 14. The maximum Gasteiger partial charge on any atom is 0.243 e. The average molecular weight is 500 g/mol. The monoisotopic (exact) mass is 499 g/mol. The number of primary amides is 1. The molecule has 0 aliphatic heterocycles. The van der Waals surface area contributed by atoms with Crippen molar-refractivity contribution >= 4 is 29.6 Å². The zero-order valence-corrected chi connectivity index (χ0v) is 20.4. The Balaban J connectivity index is 2.11. The molecule has 1 saturated carbocycles. The number of hydrogen-bond donors (Lipinski definition) is 6. The van der Waals surface area contributed by atoms with Crippen LogP contribution in [0.4, 0.5) is 0 Å². The SMILES string of the molecule is NC(=O)[C@H](Cc1ccccc1)NC(=O)[C@H](CCCN=C(N)N)NC(=O)[C@H](C=C=O)NC1CCCCC1. The van der Waals surface area contributed by atoms with E-state index in [2.05, 4.69) is 20.9 Å². The van der Waals surface area contributed by atoms with Crippen molar-refractivity contribution in [3.63, 3.8) is 0 Å². The van der Waals surface area contributed by atoms with Gasteiger partial charge in [0.1, 0.15) is 24.1 Å². The van der Waals surface area contributed by atoms with E-state index in [1.165, 1.54) is 0 Å². The first-order valence-corrected chi connectivity index (χ1v) is 12.3. The van der Waals surface area contributed by atoms with Gasteiger partial charge in [0.25, 0.3) is 0 Å². The van der Waals surface area contributed by atoms with Crippen molar-refractivity contribution in [2.75, 3.05) is 6.54 Å². The van der Waals surface area contributed by atoms with Crippen molar-refractivity contribution < 1.29 is 19.2 Å². The second kappa shape index (κ2) is 15.3. The highest BCUT2D eigenvalue weighted by Crippen LogP contribution is 2.18. The van der Waals surface area contributed by atoms with E-state index >= 15 is 0 Å². The zero-order chi connectivity index (χ0) is 26.3. The molecule has 1 aliphatic rings. The van der Waals surface area contributed by atoms with Crippen LogP contribution in [-0.4, -0.2) is 60.3 Å². The van der Waals surface area contributed by atoms with Crippen LogP contribution in [0.1, 0.15) is 50.5 Å². The molecule has 0 aromatic heterocycles. The van der Waals surface area contributed by atoms with Gasteiger partial charge in [-0.3, -0.25) is 24.7 Å². The van der Waals surface area contributed by atoms with Crippen LogP contribution in [0.2, 0.25) is 0 Å². The molecule has 1 aromatic rings. The van der Waals surface area contributed by atoms with Crippen molar-refractivity contribution in [3.05, 3.63) is 42.0 Å². The predicted molar refractivity (Wildman–Crippen MR) is 137 cm³/mol. The van der Waals surface area contributed by atoms with Crippen LogP contribution in [-0.2, 0) is 25.6 Å². The fourth-order valence-corrected chi connectivity index (χ4v) is 4.17. The molecule has 1 aromatic carbocycles. The minimum atomic E-state index is -1.000. The number of benzene rings is 1. The second-order valence-corrected chi connectivity index (χ2v) is 8.93. The molecular weight excluding hydrogens is 462 g/mol. The number of aliphatic imine (C=N–C) groups is 1. The third-order valence-corrected chi connectivity index (χ3v) is 6.06. The van der Waals surface area contributed by atoms with E-state index in [-0.39, 0.29) is 31.4 Å². The Kier molecular flexibility index (Phi) is 12.2. The molecule has 11 nitrogen and oxygen atoms in total. The molecule has 2 rings (SSSR count). The smallest absolute Gasteiger partial charge is 0.243 e. The Morgan fingerprint density at radius 1 is 1.00 bits per heavy atom. The van der Waals surface area contributed by atoms with Gasteiger partial charge in [-0.1, -0.05) is 49.6 Å². The number of nitrogens with one attached hydrogen (secondary N) is 3. The second-order valence-electron chi connectivity index (χ2n) is 8.93. The highest BCUT2D eigenvalue weighted by atomic mass is 16.2. The number of nitrogens with zero attached hydrogens (tertiary/aromatic N) is 1. The Bertz CT molecular complexity index is 937. The lowest BCUT2D eigenvalue weighted by atomic mass is 9.95. The molecule has 0 heterocycles. The molecule has 0 radical (unpaired) electrons. The van der Waals surface area contributed by atoms with Crippen LogP contribution in [0.5, 0.6) is 0 Å². The van der Waals surface area contributed by atoms with Crippen LogP contribution in [0.3, 0.4) is 0 Å². The van der Waals surface area contributed by atoms with Crippen molar-refractivity contribution in [1.29, 1.82) is 0 Å². The van der Waals surface area contributed by atoms with Gasteiger partial charge in [-0.2, -0.15) is 0 Å². The molecule has 1 aliphatic carbocycles. The molecule has 0 saturated heterocycles. The lowest BCUT2D eigenvalue weighted by molar-refractivity contribution is -0.131. The van der Waals surface area contributed by atoms with Crippen LogP contribution >= 0.6 is 0 Å². The Hall–Kier alpha value is -3.69. The average Bonchev–Trinajstić information content (AvgIpc) is 2.86. The first-order chi connectivity index (χ1) is 17.3. The molecule has 11 heteroatoms. The first kappa shape index (κ1) is 28.5. The van der Waals surface area contributed by atoms with Gasteiger partial charge in [-0.05, 0) is 31.2 Å². The van der Waals surface area contributed by atoms with Crippen LogP contribution in [0.15, 0.2) is 41.4 Å². The number of hydrogen-bond acceptors (Lipinski definition) is 6. The van der Waals surface area contributed by atoms with Crippen LogP contribution in [0.25, 0.3) is 0 Å². The molecule has 196 valence electrons. The Morgan fingerprint density at radius 3 is 2.28 bits per heavy atom. The fraction of sp³-hybridized carbons (Fsp3) is 0.520. The maximum atomic E-state index is 13.2. The summed E-state index contributed by atoms with van der Waals surface area (Å²) >= 11 is 0. The molecular formula is C25H37N7O4. The molecule has 36 heavy (non-hydrogen) atoms. The lowest BCUT2D eigenvalue weighted by Gasteiger charge is -2.27. The normalized spacial score (nSPS) is 16.0. The van der Waals surface area contributed by atoms with Crippen LogP contribution < -0.4 is 33.2 Å². The molecule has 0 bridgehead atoms. The lowest BCUT2D eigenvalue weighted by Crippen LogP contribution is -2.56. The first-order valence-electron chi connectivity index (χ1n) is 12.3. The van der Waals surface area contributed by atoms with Gasteiger partial charge in [-0.25, -0.2) is 4.79 Å².